The molecule has 1 heterocycles. The molecule has 0 aliphatic carbocycles. The summed E-state index contributed by atoms with van der Waals surface area (Å²) in [5.74, 6) is 1.02. The molecule has 1 unspecified atom stereocenters. The minimum atomic E-state index is -4.22. The van der Waals surface area contributed by atoms with E-state index in [0.717, 1.165) is 16.7 Å². The summed E-state index contributed by atoms with van der Waals surface area (Å²) in [6.45, 7) is 3.88. The Morgan fingerprint density at radius 3 is 2.29 bits per heavy atom. The third kappa shape index (κ3) is 7.99. The topological polar surface area (TPSA) is 108 Å². The van der Waals surface area contributed by atoms with Gasteiger partial charge in [-0.25, -0.2) is 4.39 Å². The standard InChI is InChI=1S/C33H31FNO5P/c1-22(2)33-29(16-17-41(39,40)21-27(36)19-32(37)38)30(24-12-14-26(34)15-13-24)20-31(35-33)28-11-7-6-10-25(28)18-23-8-4-3-5-9-23/h3-15,20,22,27,36H,18-19,21H2,1-2H3,(H,37,38)(H,39,40)/t27-/m1/s1. The first-order valence-electron chi connectivity index (χ1n) is 13.2. The number of hydrogen-bond donors (Lipinski definition) is 3. The van der Waals surface area contributed by atoms with Crippen LogP contribution in [0.25, 0.3) is 22.4 Å². The van der Waals surface area contributed by atoms with Crippen LogP contribution in [0.3, 0.4) is 0 Å². The third-order valence-electron chi connectivity index (χ3n) is 6.50. The van der Waals surface area contributed by atoms with Crippen molar-refractivity contribution in [3.8, 4) is 34.0 Å². The van der Waals surface area contributed by atoms with E-state index >= 15 is 0 Å². The number of carbonyl (C=O) groups is 1. The van der Waals surface area contributed by atoms with Crippen LogP contribution in [0.2, 0.25) is 0 Å². The van der Waals surface area contributed by atoms with Crippen LogP contribution in [0.4, 0.5) is 4.39 Å². The number of carboxylic acid groups (broad SMARTS) is 1. The fraction of sp³-hybridized carbons (Fsp3) is 0.212. The molecule has 4 aromatic rings. The molecule has 6 nitrogen and oxygen atoms in total. The molecule has 41 heavy (non-hydrogen) atoms. The van der Waals surface area contributed by atoms with E-state index in [-0.39, 0.29) is 5.92 Å². The van der Waals surface area contributed by atoms with Crippen molar-refractivity contribution in [3.05, 3.63) is 113 Å². The minimum Gasteiger partial charge on any atom is -0.481 e. The van der Waals surface area contributed by atoms with E-state index in [1.165, 1.54) is 12.1 Å². The van der Waals surface area contributed by atoms with Gasteiger partial charge in [0.25, 0.3) is 7.37 Å². The average molecular weight is 572 g/mol. The Hall–Kier alpha value is -4.08. The number of aromatic nitrogens is 1. The molecule has 0 radical (unpaired) electrons. The monoisotopic (exact) mass is 571 g/mol. The highest BCUT2D eigenvalue weighted by Gasteiger charge is 2.24. The zero-order chi connectivity index (χ0) is 29.6. The van der Waals surface area contributed by atoms with Crippen molar-refractivity contribution in [2.45, 2.75) is 38.7 Å². The summed E-state index contributed by atoms with van der Waals surface area (Å²) in [5, 5.41) is 18.8. The highest BCUT2D eigenvalue weighted by molar-refractivity contribution is 7.63. The maximum Gasteiger partial charge on any atom is 0.305 e. The van der Waals surface area contributed by atoms with E-state index in [1.807, 2.05) is 56.3 Å². The van der Waals surface area contributed by atoms with E-state index in [9.17, 15) is 23.7 Å². The zero-order valence-electron chi connectivity index (χ0n) is 22.8. The Balaban J connectivity index is 1.88. The van der Waals surface area contributed by atoms with Crippen LogP contribution >= 0.6 is 7.37 Å². The lowest BCUT2D eigenvalue weighted by molar-refractivity contribution is -0.138. The molecule has 0 saturated heterocycles. The summed E-state index contributed by atoms with van der Waals surface area (Å²) in [4.78, 5) is 26.3. The number of halogens is 1. The minimum absolute atomic E-state index is 0.129. The van der Waals surface area contributed by atoms with Crippen molar-refractivity contribution in [2.75, 3.05) is 6.16 Å². The molecular weight excluding hydrogens is 540 g/mol. The third-order valence-corrected chi connectivity index (χ3v) is 7.88. The molecule has 210 valence electrons. The van der Waals surface area contributed by atoms with E-state index in [1.54, 1.807) is 12.1 Å². The fourth-order valence-electron chi connectivity index (χ4n) is 4.59. The lowest BCUT2D eigenvalue weighted by Gasteiger charge is -2.18. The molecule has 0 amide bonds. The predicted molar refractivity (Wildman–Crippen MR) is 158 cm³/mol. The van der Waals surface area contributed by atoms with Gasteiger partial charge in [-0.15, -0.1) is 0 Å². The number of benzene rings is 3. The molecule has 2 atom stereocenters. The van der Waals surface area contributed by atoms with Gasteiger partial charge in [0.1, 0.15) is 5.82 Å². The van der Waals surface area contributed by atoms with Crippen molar-refractivity contribution in [1.82, 2.24) is 4.98 Å². The number of aliphatic carboxylic acids is 1. The second kappa shape index (κ2) is 13.1. The van der Waals surface area contributed by atoms with Crippen LogP contribution in [0, 0.1) is 17.4 Å². The normalized spacial score (nSPS) is 13.2. The fourth-order valence-corrected chi connectivity index (χ4v) is 5.67. The smallest absolute Gasteiger partial charge is 0.305 e. The van der Waals surface area contributed by atoms with Crippen molar-refractivity contribution < 1.29 is 28.9 Å². The lowest BCUT2D eigenvalue weighted by atomic mass is 9.91. The first-order chi connectivity index (χ1) is 19.5. The summed E-state index contributed by atoms with van der Waals surface area (Å²) >= 11 is 0. The van der Waals surface area contributed by atoms with Gasteiger partial charge in [0.2, 0.25) is 0 Å². The number of nitrogens with zero attached hydrogens (tertiary/aromatic N) is 1. The largest absolute Gasteiger partial charge is 0.481 e. The molecule has 4 rings (SSSR count). The van der Waals surface area contributed by atoms with Crippen LogP contribution < -0.4 is 0 Å². The Bertz CT molecular complexity index is 1640. The molecule has 1 aromatic heterocycles. The Morgan fingerprint density at radius 2 is 1.63 bits per heavy atom. The maximum absolute atomic E-state index is 13.9. The van der Waals surface area contributed by atoms with Gasteiger partial charge in [0.05, 0.1) is 35.6 Å². The van der Waals surface area contributed by atoms with Crippen LogP contribution in [0.15, 0.2) is 84.9 Å². The molecule has 0 saturated carbocycles. The van der Waals surface area contributed by atoms with Gasteiger partial charge in [-0.05, 0) is 52.9 Å². The Morgan fingerprint density at radius 1 is 0.976 bits per heavy atom. The van der Waals surface area contributed by atoms with Crippen molar-refractivity contribution in [3.63, 3.8) is 0 Å². The van der Waals surface area contributed by atoms with Crippen LogP contribution in [0.1, 0.15) is 48.6 Å². The maximum atomic E-state index is 13.9. The van der Waals surface area contributed by atoms with Gasteiger partial charge in [-0.1, -0.05) is 86.5 Å². The van der Waals surface area contributed by atoms with Crippen molar-refractivity contribution in [2.24, 2.45) is 0 Å². The van der Waals surface area contributed by atoms with E-state index < -0.39 is 37.8 Å². The van der Waals surface area contributed by atoms with Gasteiger partial charge < -0.3 is 15.1 Å². The number of pyridine rings is 1. The molecule has 0 fully saturated rings. The molecule has 0 aliphatic rings. The number of aliphatic hydroxyl groups is 1. The lowest BCUT2D eigenvalue weighted by Crippen LogP contribution is -2.17. The SMILES string of the molecule is CC(C)c1nc(-c2ccccc2Cc2ccccc2)cc(-c2ccc(F)cc2)c1C#CP(=O)(O)C[C@H](O)CC(=O)O. The summed E-state index contributed by atoms with van der Waals surface area (Å²) in [6, 6.07) is 25.8. The highest BCUT2D eigenvalue weighted by atomic mass is 31.2. The molecule has 3 aromatic carbocycles. The van der Waals surface area contributed by atoms with E-state index in [4.69, 9.17) is 10.1 Å². The van der Waals surface area contributed by atoms with Gasteiger partial charge in [-0.2, -0.15) is 0 Å². The number of carboxylic acids is 1. The molecule has 8 heteroatoms. The Labute approximate surface area is 239 Å². The number of hydrogen-bond acceptors (Lipinski definition) is 4. The molecule has 0 aliphatic heterocycles. The summed E-state index contributed by atoms with van der Waals surface area (Å²) in [5.41, 5.74) is 8.50. The summed E-state index contributed by atoms with van der Waals surface area (Å²) < 4.78 is 26.7. The number of aliphatic hydroxyl groups excluding tert-OH is 1. The summed E-state index contributed by atoms with van der Waals surface area (Å²) in [6.07, 6.45) is -2.16. The van der Waals surface area contributed by atoms with Crippen molar-refractivity contribution >= 4 is 13.3 Å². The second-order valence-electron chi connectivity index (χ2n) is 10.2. The van der Waals surface area contributed by atoms with Gasteiger partial charge in [0.15, 0.2) is 0 Å². The van der Waals surface area contributed by atoms with Gasteiger partial charge in [0, 0.05) is 11.1 Å². The van der Waals surface area contributed by atoms with Crippen LogP contribution in [-0.4, -0.2) is 38.3 Å². The second-order valence-corrected chi connectivity index (χ2v) is 12.2. The molecular formula is C33H31FNO5P. The predicted octanol–water partition coefficient (Wildman–Crippen LogP) is 6.68. The Kier molecular flexibility index (Phi) is 9.52. The molecule has 0 spiro atoms. The van der Waals surface area contributed by atoms with Gasteiger partial charge in [-0.3, -0.25) is 14.3 Å². The van der Waals surface area contributed by atoms with Gasteiger partial charge >= 0.3 is 5.97 Å². The highest BCUT2D eigenvalue weighted by Crippen LogP contribution is 2.41. The first kappa shape index (κ1) is 29.9. The zero-order valence-corrected chi connectivity index (χ0v) is 23.7. The van der Waals surface area contributed by atoms with Crippen molar-refractivity contribution in [1.29, 1.82) is 0 Å². The molecule has 3 N–H and O–H groups in total. The number of rotatable bonds is 9. The average Bonchev–Trinajstić information content (AvgIpc) is 2.92. The van der Waals surface area contributed by atoms with E-state index in [2.05, 4.69) is 29.8 Å². The first-order valence-corrected chi connectivity index (χ1v) is 15.0. The molecule has 0 bridgehead atoms. The van der Waals surface area contributed by atoms with Crippen LogP contribution in [0.5, 0.6) is 0 Å². The quantitative estimate of drug-likeness (QED) is 0.153. The van der Waals surface area contributed by atoms with E-state index in [0.29, 0.717) is 34.5 Å². The van der Waals surface area contributed by atoms with Crippen LogP contribution in [-0.2, 0) is 15.8 Å². The summed E-state index contributed by atoms with van der Waals surface area (Å²) in [7, 11) is -4.22.